The smallest absolute Gasteiger partial charge is 0.166 e. The predicted molar refractivity (Wildman–Crippen MR) is 66.4 cm³/mol. The Balaban J connectivity index is 1.93. The van der Waals surface area contributed by atoms with Crippen molar-refractivity contribution in [1.29, 1.82) is 0 Å². The maximum atomic E-state index is 11.9. The quantitative estimate of drug-likeness (QED) is 0.769. The lowest BCUT2D eigenvalue weighted by Crippen LogP contribution is -2.13. The molecular formula is C14H18N2O2. The summed E-state index contributed by atoms with van der Waals surface area (Å²) in [7, 11) is 1.71. The molecule has 1 aromatic heterocycles. The molecule has 1 unspecified atom stereocenters. The van der Waals surface area contributed by atoms with Crippen LogP contribution in [0.3, 0.4) is 0 Å². The van der Waals surface area contributed by atoms with Gasteiger partial charge in [-0.05, 0) is 38.0 Å². The maximum absolute atomic E-state index is 11.9. The summed E-state index contributed by atoms with van der Waals surface area (Å²) in [4.78, 5) is 20.8. The summed E-state index contributed by atoms with van der Waals surface area (Å²) in [6.45, 7) is 0. The number of fused-ring (bicyclic) bond motifs is 1. The summed E-state index contributed by atoms with van der Waals surface area (Å²) < 4.78 is 5.50. The normalized spacial score (nSPS) is 21.3. The van der Waals surface area contributed by atoms with E-state index in [1.807, 2.05) is 0 Å². The van der Waals surface area contributed by atoms with E-state index >= 15 is 0 Å². The van der Waals surface area contributed by atoms with Crippen molar-refractivity contribution in [2.45, 2.75) is 44.6 Å². The average molecular weight is 246 g/mol. The van der Waals surface area contributed by atoms with E-state index in [0.717, 1.165) is 36.3 Å². The van der Waals surface area contributed by atoms with Crippen LogP contribution in [-0.4, -0.2) is 22.9 Å². The van der Waals surface area contributed by atoms with Crippen molar-refractivity contribution >= 4 is 5.78 Å². The molecule has 0 N–H and O–H groups in total. The van der Waals surface area contributed by atoms with Gasteiger partial charge in [0.15, 0.2) is 11.6 Å². The first-order chi connectivity index (χ1) is 8.79. The summed E-state index contributed by atoms with van der Waals surface area (Å²) >= 11 is 0. The molecule has 0 aromatic carbocycles. The summed E-state index contributed by atoms with van der Waals surface area (Å²) in [5, 5.41) is 0. The molecule has 0 aliphatic heterocycles. The number of ketones is 1. The summed E-state index contributed by atoms with van der Waals surface area (Å²) in [5.74, 6) is 1.51. The Bertz CT molecular complexity index is 469. The van der Waals surface area contributed by atoms with Crippen LogP contribution in [0.2, 0.25) is 0 Å². The lowest BCUT2D eigenvalue weighted by Gasteiger charge is -2.14. The number of ether oxygens (including phenoxy) is 1. The van der Waals surface area contributed by atoms with E-state index in [4.69, 9.17) is 4.74 Å². The second-order valence-corrected chi connectivity index (χ2v) is 5.21. The Hall–Kier alpha value is -1.29. The van der Waals surface area contributed by atoms with Crippen LogP contribution >= 0.6 is 0 Å². The fourth-order valence-corrected chi connectivity index (χ4v) is 2.61. The molecule has 4 heteroatoms. The fourth-order valence-electron chi connectivity index (χ4n) is 2.61. The van der Waals surface area contributed by atoms with E-state index in [1.54, 1.807) is 13.3 Å². The molecule has 4 nitrogen and oxygen atoms in total. The monoisotopic (exact) mass is 246 g/mol. The van der Waals surface area contributed by atoms with Crippen molar-refractivity contribution in [3.05, 3.63) is 23.3 Å². The molecular weight excluding hydrogens is 228 g/mol. The first kappa shape index (κ1) is 11.8. The van der Waals surface area contributed by atoms with E-state index in [1.165, 1.54) is 12.8 Å². The summed E-state index contributed by atoms with van der Waals surface area (Å²) in [6, 6.07) is 0. The predicted octanol–water partition coefficient (Wildman–Crippen LogP) is 2.48. The number of Topliss-reactive ketones (excluding diaryl/α,β-unsaturated/α-hetero) is 1. The number of carbonyl (C=O) groups excluding carboxylic acids is 1. The van der Waals surface area contributed by atoms with Crippen LogP contribution in [0.5, 0.6) is 0 Å². The van der Waals surface area contributed by atoms with Gasteiger partial charge < -0.3 is 4.74 Å². The van der Waals surface area contributed by atoms with Crippen LogP contribution in [0.4, 0.5) is 0 Å². The third kappa shape index (κ3) is 2.17. The molecule has 1 aromatic rings. The van der Waals surface area contributed by atoms with Gasteiger partial charge >= 0.3 is 0 Å². The summed E-state index contributed by atoms with van der Waals surface area (Å²) in [5.41, 5.74) is 1.65. The first-order valence-electron chi connectivity index (χ1n) is 6.71. The van der Waals surface area contributed by atoms with Crippen LogP contribution in [0.1, 0.15) is 60.1 Å². The minimum atomic E-state index is 0.00801. The van der Waals surface area contributed by atoms with Gasteiger partial charge in [-0.1, -0.05) is 0 Å². The fraction of sp³-hybridized carbons (Fsp3) is 0.643. The number of hydrogen-bond acceptors (Lipinski definition) is 4. The van der Waals surface area contributed by atoms with Crippen molar-refractivity contribution in [1.82, 2.24) is 9.97 Å². The van der Waals surface area contributed by atoms with Gasteiger partial charge in [-0.25, -0.2) is 9.97 Å². The van der Waals surface area contributed by atoms with Gasteiger partial charge in [0.2, 0.25) is 0 Å². The van der Waals surface area contributed by atoms with Gasteiger partial charge in [0.25, 0.3) is 0 Å². The lowest BCUT2D eigenvalue weighted by molar-refractivity contribution is 0.0768. The molecule has 0 amide bonds. The van der Waals surface area contributed by atoms with Crippen LogP contribution < -0.4 is 0 Å². The number of aryl methyl sites for hydroxylation is 1. The van der Waals surface area contributed by atoms with Gasteiger partial charge in [0.05, 0.1) is 11.3 Å². The molecule has 0 saturated heterocycles. The highest BCUT2D eigenvalue weighted by Crippen LogP contribution is 2.41. The Kier molecular flexibility index (Phi) is 3.12. The number of rotatable bonds is 3. The van der Waals surface area contributed by atoms with E-state index in [-0.39, 0.29) is 11.9 Å². The van der Waals surface area contributed by atoms with E-state index < -0.39 is 0 Å². The molecule has 0 spiro atoms. The van der Waals surface area contributed by atoms with Crippen molar-refractivity contribution in [3.8, 4) is 0 Å². The van der Waals surface area contributed by atoms with E-state index in [0.29, 0.717) is 12.3 Å². The molecule has 2 aliphatic carbocycles. The Labute approximate surface area is 107 Å². The molecule has 2 aliphatic rings. The van der Waals surface area contributed by atoms with Crippen molar-refractivity contribution < 1.29 is 9.53 Å². The minimum Gasteiger partial charge on any atom is -0.373 e. The Morgan fingerprint density at radius 2 is 2.11 bits per heavy atom. The molecule has 0 radical (unpaired) electrons. The molecule has 0 bridgehead atoms. The largest absolute Gasteiger partial charge is 0.373 e. The third-order valence-electron chi connectivity index (χ3n) is 3.81. The molecule has 96 valence electrons. The van der Waals surface area contributed by atoms with Crippen molar-refractivity contribution in [2.24, 2.45) is 5.92 Å². The SMILES string of the molecule is COC(c1ncc2c(n1)CCCCC2=O)C1CC1. The Morgan fingerprint density at radius 1 is 1.33 bits per heavy atom. The second-order valence-electron chi connectivity index (χ2n) is 5.21. The topological polar surface area (TPSA) is 52.1 Å². The van der Waals surface area contributed by atoms with Gasteiger partial charge in [-0.2, -0.15) is 0 Å². The van der Waals surface area contributed by atoms with Gasteiger partial charge in [0.1, 0.15) is 6.10 Å². The summed E-state index contributed by atoms with van der Waals surface area (Å²) in [6.07, 6.45) is 7.62. The third-order valence-corrected chi connectivity index (χ3v) is 3.81. The molecule has 3 rings (SSSR count). The number of carbonyl (C=O) groups is 1. The number of hydrogen-bond donors (Lipinski definition) is 0. The minimum absolute atomic E-state index is 0.00801. The average Bonchev–Trinajstić information content (AvgIpc) is 3.20. The molecule has 1 fully saturated rings. The number of aromatic nitrogens is 2. The highest BCUT2D eigenvalue weighted by atomic mass is 16.5. The van der Waals surface area contributed by atoms with Gasteiger partial charge in [0, 0.05) is 19.7 Å². The van der Waals surface area contributed by atoms with E-state index in [2.05, 4.69) is 9.97 Å². The van der Waals surface area contributed by atoms with Crippen LogP contribution in [-0.2, 0) is 11.2 Å². The van der Waals surface area contributed by atoms with Gasteiger partial charge in [-0.15, -0.1) is 0 Å². The zero-order valence-corrected chi connectivity index (χ0v) is 10.7. The van der Waals surface area contributed by atoms with Crippen LogP contribution in [0.15, 0.2) is 6.20 Å². The zero-order valence-electron chi connectivity index (χ0n) is 10.7. The van der Waals surface area contributed by atoms with Crippen molar-refractivity contribution in [2.75, 3.05) is 7.11 Å². The highest BCUT2D eigenvalue weighted by molar-refractivity contribution is 5.97. The number of nitrogens with zero attached hydrogens (tertiary/aromatic N) is 2. The second kappa shape index (κ2) is 4.76. The molecule has 18 heavy (non-hydrogen) atoms. The molecule has 1 atom stereocenters. The maximum Gasteiger partial charge on any atom is 0.166 e. The van der Waals surface area contributed by atoms with E-state index in [9.17, 15) is 4.79 Å². The molecule has 1 heterocycles. The molecule has 1 saturated carbocycles. The van der Waals surface area contributed by atoms with Gasteiger partial charge in [-0.3, -0.25) is 4.79 Å². The van der Waals surface area contributed by atoms with Crippen LogP contribution in [0.25, 0.3) is 0 Å². The van der Waals surface area contributed by atoms with Crippen LogP contribution in [0, 0.1) is 5.92 Å². The Morgan fingerprint density at radius 3 is 2.83 bits per heavy atom. The standard InChI is InChI=1S/C14H18N2O2/c1-18-13(9-6-7-9)14-15-8-10-11(16-14)4-2-3-5-12(10)17/h8-9,13H,2-7H2,1H3. The van der Waals surface area contributed by atoms with Crippen molar-refractivity contribution in [3.63, 3.8) is 0 Å². The zero-order chi connectivity index (χ0) is 12.5. The lowest BCUT2D eigenvalue weighted by atomic mass is 10.1. The highest BCUT2D eigenvalue weighted by Gasteiger charge is 2.34. The first-order valence-corrected chi connectivity index (χ1v) is 6.71. The number of methoxy groups -OCH3 is 1.